The van der Waals surface area contributed by atoms with E-state index < -0.39 is 0 Å². The van der Waals surface area contributed by atoms with Gasteiger partial charge in [0.25, 0.3) is 5.91 Å². The van der Waals surface area contributed by atoms with Crippen molar-refractivity contribution in [2.24, 2.45) is 0 Å². The lowest BCUT2D eigenvalue weighted by Gasteiger charge is -2.15. The molecule has 1 fully saturated rings. The average Bonchev–Trinajstić information content (AvgIpc) is 3.16. The second-order valence-corrected chi connectivity index (χ2v) is 10.9. The van der Waals surface area contributed by atoms with E-state index in [0.29, 0.717) is 33.9 Å². The highest BCUT2D eigenvalue weighted by Gasteiger charge is 2.33. The van der Waals surface area contributed by atoms with Gasteiger partial charge in [0.05, 0.1) is 20.8 Å². The Morgan fingerprint density at radius 3 is 2.47 bits per heavy atom. The molecule has 4 aromatic rings. The molecule has 0 aromatic heterocycles. The van der Waals surface area contributed by atoms with Crippen LogP contribution in [0.1, 0.15) is 18.1 Å². The summed E-state index contributed by atoms with van der Waals surface area (Å²) in [6, 6.07) is 28.0. The number of ether oxygens (including phenoxy) is 2. The molecule has 0 saturated carbocycles. The Morgan fingerprint density at radius 2 is 1.69 bits per heavy atom. The molecule has 0 N–H and O–H groups in total. The molecule has 0 unspecified atom stereocenters. The first kappa shape index (κ1) is 24.8. The van der Waals surface area contributed by atoms with Crippen molar-refractivity contribution >= 4 is 79.3 Å². The van der Waals surface area contributed by atoms with Crippen molar-refractivity contribution in [3.63, 3.8) is 0 Å². The van der Waals surface area contributed by atoms with Crippen molar-refractivity contribution in [3.8, 4) is 11.5 Å². The van der Waals surface area contributed by atoms with Crippen LogP contribution in [0.15, 0.2) is 89.8 Å². The predicted molar refractivity (Wildman–Crippen MR) is 161 cm³/mol. The highest BCUT2D eigenvalue weighted by molar-refractivity contribution is 14.1. The number of amides is 1. The quantitative estimate of drug-likeness (QED) is 0.119. The zero-order valence-electron chi connectivity index (χ0n) is 19.4. The van der Waals surface area contributed by atoms with Gasteiger partial charge in [-0.25, -0.2) is 0 Å². The maximum Gasteiger partial charge on any atom is 0.270 e. The monoisotopic (exact) mass is 623 g/mol. The maximum atomic E-state index is 13.1. The van der Waals surface area contributed by atoms with Gasteiger partial charge in [0.2, 0.25) is 0 Å². The van der Waals surface area contributed by atoms with Crippen LogP contribution in [-0.2, 0) is 11.4 Å². The van der Waals surface area contributed by atoms with E-state index in [-0.39, 0.29) is 5.91 Å². The number of carbonyl (C=O) groups excluding carboxylic acids is 1. The molecule has 180 valence electrons. The molecule has 1 saturated heterocycles. The zero-order chi connectivity index (χ0) is 25.1. The molecule has 36 heavy (non-hydrogen) atoms. The molecular weight excluding hydrogens is 601 g/mol. The van der Waals surface area contributed by atoms with Gasteiger partial charge in [-0.05, 0) is 87.8 Å². The largest absolute Gasteiger partial charge is 0.490 e. The molecule has 0 radical (unpaired) electrons. The van der Waals surface area contributed by atoms with Crippen LogP contribution in [0.3, 0.4) is 0 Å². The molecule has 0 atom stereocenters. The molecule has 5 rings (SSSR count). The second-order valence-electron chi connectivity index (χ2n) is 8.09. The van der Waals surface area contributed by atoms with E-state index in [4.69, 9.17) is 21.7 Å². The summed E-state index contributed by atoms with van der Waals surface area (Å²) >= 11 is 9.06. The number of benzene rings is 4. The van der Waals surface area contributed by atoms with Crippen molar-refractivity contribution in [2.75, 3.05) is 11.5 Å². The lowest BCUT2D eigenvalue weighted by molar-refractivity contribution is -0.113. The summed E-state index contributed by atoms with van der Waals surface area (Å²) in [6.45, 7) is 2.87. The molecule has 0 bridgehead atoms. The molecule has 7 heteroatoms. The third-order valence-corrected chi connectivity index (χ3v) is 7.74. The summed E-state index contributed by atoms with van der Waals surface area (Å²) in [7, 11) is 0. The number of hydrogen-bond acceptors (Lipinski definition) is 5. The summed E-state index contributed by atoms with van der Waals surface area (Å²) in [5, 5.41) is 2.38. The summed E-state index contributed by atoms with van der Waals surface area (Å²) in [6.07, 6.45) is 1.86. The molecular formula is C29H22INO3S2. The van der Waals surface area contributed by atoms with Crippen LogP contribution in [0, 0.1) is 3.57 Å². The number of para-hydroxylation sites is 1. The van der Waals surface area contributed by atoms with E-state index in [1.165, 1.54) is 22.5 Å². The van der Waals surface area contributed by atoms with Gasteiger partial charge in [0.15, 0.2) is 15.8 Å². The number of hydrogen-bond donors (Lipinski definition) is 0. The third-order valence-electron chi connectivity index (χ3n) is 5.63. The summed E-state index contributed by atoms with van der Waals surface area (Å²) in [5.74, 6) is 1.22. The van der Waals surface area contributed by atoms with Gasteiger partial charge in [-0.3, -0.25) is 9.69 Å². The van der Waals surface area contributed by atoms with Gasteiger partial charge in [0, 0.05) is 0 Å². The fraction of sp³-hybridized carbons (Fsp3) is 0.103. The minimum Gasteiger partial charge on any atom is -0.490 e. The Labute approximate surface area is 233 Å². The number of thiocarbonyl (C=S) groups is 1. The van der Waals surface area contributed by atoms with Crippen molar-refractivity contribution in [1.82, 2.24) is 0 Å². The second kappa shape index (κ2) is 11.0. The number of thioether (sulfide) groups is 1. The van der Waals surface area contributed by atoms with Gasteiger partial charge in [-0.2, -0.15) is 0 Å². The summed E-state index contributed by atoms with van der Waals surface area (Å²) < 4.78 is 13.6. The first-order chi connectivity index (χ1) is 17.5. The van der Waals surface area contributed by atoms with Crippen LogP contribution >= 0.6 is 46.6 Å². The van der Waals surface area contributed by atoms with E-state index in [9.17, 15) is 4.79 Å². The smallest absolute Gasteiger partial charge is 0.270 e. The summed E-state index contributed by atoms with van der Waals surface area (Å²) in [5.41, 5.74) is 2.71. The fourth-order valence-corrected chi connectivity index (χ4v) is 6.06. The Bertz CT molecular complexity index is 1490. The molecule has 0 spiro atoms. The molecule has 1 aliphatic heterocycles. The van der Waals surface area contributed by atoms with Gasteiger partial charge in [-0.1, -0.05) is 78.6 Å². The van der Waals surface area contributed by atoms with Crippen molar-refractivity contribution in [3.05, 3.63) is 105 Å². The minimum atomic E-state index is -0.124. The topological polar surface area (TPSA) is 38.8 Å². The predicted octanol–water partition coefficient (Wildman–Crippen LogP) is 7.83. The first-order valence-corrected chi connectivity index (χ1v) is 13.7. The van der Waals surface area contributed by atoms with Gasteiger partial charge < -0.3 is 9.47 Å². The zero-order valence-corrected chi connectivity index (χ0v) is 23.2. The van der Waals surface area contributed by atoms with Crippen LogP contribution in [0.4, 0.5) is 5.69 Å². The van der Waals surface area contributed by atoms with Crippen LogP contribution in [0.5, 0.6) is 11.5 Å². The van der Waals surface area contributed by atoms with E-state index >= 15 is 0 Å². The SMILES string of the molecule is CCOc1cc(/C=C2/SC(=S)N(c3ccccc3)C2=O)cc(I)c1OCc1ccc2ccccc2c1. The third kappa shape index (κ3) is 5.28. The van der Waals surface area contributed by atoms with Crippen LogP contribution in [0.25, 0.3) is 16.8 Å². The number of anilines is 1. The molecule has 4 nitrogen and oxygen atoms in total. The lowest BCUT2D eigenvalue weighted by Crippen LogP contribution is -2.27. The van der Waals surface area contributed by atoms with Crippen LogP contribution in [-0.4, -0.2) is 16.8 Å². The number of nitrogens with zero attached hydrogens (tertiary/aromatic N) is 1. The van der Waals surface area contributed by atoms with Crippen LogP contribution in [0.2, 0.25) is 0 Å². The molecule has 4 aromatic carbocycles. The van der Waals surface area contributed by atoms with E-state index in [0.717, 1.165) is 20.4 Å². The van der Waals surface area contributed by atoms with E-state index in [1.54, 1.807) is 4.90 Å². The van der Waals surface area contributed by atoms with Crippen molar-refractivity contribution < 1.29 is 14.3 Å². The lowest BCUT2D eigenvalue weighted by atomic mass is 10.1. The fourth-order valence-electron chi connectivity index (χ4n) is 3.98. The van der Waals surface area contributed by atoms with Gasteiger partial charge >= 0.3 is 0 Å². The number of fused-ring (bicyclic) bond motifs is 1. The van der Waals surface area contributed by atoms with E-state index in [2.05, 4.69) is 52.9 Å². The Morgan fingerprint density at radius 1 is 0.944 bits per heavy atom. The standard InChI is InChI=1S/C29H22INO3S2/c1-2-33-25-16-20(17-26-28(32)31(29(35)36-26)23-10-4-3-5-11-23)15-24(30)27(25)34-18-19-12-13-21-8-6-7-9-22(21)14-19/h3-17H,2,18H2,1H3/b26-17+. The summed E-state index contributed by atoms with van der Waals surface area (Å²) in [4.78, 5) is 15.3. The number of halogens is 1. The molecule has 1 aliphatic rings. The molecule has 1 heterocycles. The van der Waals surface area contributed by atoms with Gasteiger partial charge in [0.1, 0.15) is 6.61 Å². The molecule has 0 aliphatic carbocycles. The average molecular weight is 624 g/mol. The number of carbonyl (C=O) groups is 1. The normalized spacial score (nSPS) is 14.6. The van der Waals surface area contributed by atoms with E-state index in [1.807, 2.05) is 67.6 Å². The Hall–Kier alpha value is -2.88. The maximum absolute atomic E-state index is 13.1. The minimum absolute atomic E-state index is 0.124. The van der Waals surface area contributed by atoms with Crippen LogP contribution < -0.4 is 14.4 Å². The highest BCUT2D eigenvalue weighted by Crippen LogP contribution is 2.39. The Balaban J connectivity index is 1.40. The first-order valence-electron chi connectivity index (χ1n) is 11.4. The highest BCUT2D eigenvalue weighted by atomic mass is 127. The number of rotatable bonds is 7. The van der Waals surface area contributed by atoms with Gasteiger partial charge in [-0.15, -0.1) is 0 Å². The molecule has 1 amide bonds. The van der Waals surface area contributed by atoms with Crippen molar-refractivity contribution in [1.29, 1.82) is 0 Å². The van der Waals surface area contributed by atoms with Crippen molar-refractivity contribution in [2.45, 2.75) is 13.5 Å². The Kier molecular flexibility index (Phi) is 7.59.